The van der Waals surface area contributed by atoms with E-state index in [1.807, 2.05) is 91.0 Å². The second-order valence-electron chi connectivity index (χ2n) is 31.6. The summed E-state index contributed by atoms with van der Waals surface area (Å²) in [6.07, 6.45) is 0. The van der Waals surface area contributed by atoms with Gasteiger partial charge >= 0.3 is 51.9 Å². The zero-order valence-corrected chi connectivity index (χ0v) is 86.6. The van der Waals surface area contributed by atoms with Crippen molar-refractivity contribution in [2.75, 3.05) is 40.3 Å². The summed E-state index contributed by atoms with van der Waals surface area (Å²) in [6, 6.07) is 63.0. The fraction of sp³-hybridized carbons (Fsp3) is 0.354. The van der Waals surface area contributed by atoms with Gasteiger partial charge in [-0.3, -0.25) is 59.2 Å². The molecule has 10 aromatic carbocycles. The standard InChI is InChI=1S/C16H17BrN2O2.C16H19BrN2.C12H16N2O3.C10H14N2O2.C10H13NO2.C10H15N.C10H14.C6H4BrI.C4H10O.CH2O2.CH4O.3ClH.Fe.H2O4S/c1-16(2,3)11-7-8-14(15(9-11)19(20)21)18-13-6-4-5-12(17)10-13;1-16(2,3)11-7-8-15(14(18)9-11)19-13-6-4-5-12(17)10-13;1-8(15)13-10-6-5-9(12(2,3)4)7-11(10)14(16)17;1-10(2,3)7-4-5-8(11)9(6-7)12(13)14;1-10(2,3)8-4-6-9(7-5-8)11(12)13;1-10(2,3)8-4-6-9(11)7-5-8;1-10(2,3)9-7-5-4-6-8-9;7-5-2-1-3-6(8)4-5;1-4(2,3)5;2-1-3;1-2;;;;;1-5(2,3)4/h4-10,18H,1-3H3;4-10,19H,18H2,1-3H3;5-7H,1-4H3,(H,13,15);4-6H,11H2,1-3H3;4-7H,1-3H3;4-7H,11H2,1-3H3;4-8H,1-3H3;1-4H;5H,1-3H3;1H,(H,2,3);2H,1H3;3*1H;;(H2,1,2,3,4)/q;;;;;;;;;;;;;;+3;/p-3/i2*1D3;2D3;4*1D3;;1D3;;;;;;;. The summed E-state index contributed by atoms with van der Waals surface area (Å²) < 4.78 is 213. The van der Waals surface area contributed by atoms with Crippen molar-refractivity contribution in [2.45, 2.75) is 216 Å². The molecule has 0 aliphatic heterocycles. The van der Waals surface area contributed by atoms with Gasteiger partial charge in [-0.2, -0.15) is 8.42 Å². The predicted octanol–water partition coefficient (Wildman–Crippen LogP) is 28.8. The van der Waals surface area contributed by atoms with Gasteiger partial charge in [-0.25, -0.2) is 0 Å². The molecule has 0 aliphatic carbocycles. The number of anilines is 8. The van der Waals surface area contributed by atoms with Crippen molar-refractivity contribution in [1.82, 2.24) is 0 Å². The normalized spacial score (nSPS) is 14.4. The van der Waals surface area contributed by atoms with Crippen molar-refractivity contribution in [3.63, 3.8) is 0 Å². The number of aliphatic hydroxyl groups excluding tert-OH is 1. The van der Waals surface area contributed by atoms with Crippen LogP contribution in [-0.4, -0.2) is 77.6 Å². The first-order valence-electron chi connectivity index (χ1n) is 50.2. The van der Waals surface area contributed by atoms with Crippen LogP contribution >= 0.6 is 101 Å². The van der Waals surface area contributed by atoms with Crippen LogP contribution in [0.1, 0.15) is 244 Å². The maximum atomic E-state index is 11.4. The number of hydrogen-bond acceptors (Lipinski definition) is 19. The Labute approximate surface area is 869 Å². The van der Waals surface area contributed by atoms with E-state index in [-0.39, 0.29) is 40.6 Å². The van der Waals surface area contributed by atoms with Gasteiger partial charge in [0.25, 0.3) is 29.2 Å². The molecule has 0 aliphatic rings. The average molecular weight is 2280 g/mol. The molecule has 729 valence electrons. The fourth-order valence-electron chi connectivity index (χ4n) is 9.36. The van der Waals surface area contributed by atoms with Crippen LogP contribution in [0.2, 0.25) is 0 Å². The Morgan fingerprint density at radius 2 is 0.712 bits per heavy atom. The van der Waals surface area contributed by atoms with Gasteiger partial charge < -0.3 is 48.5 Å². The Hall–Kier alpha value is -8.91. The number of nitrogen functional groups attached to an aromatic ring is 3. The number of benzene rings is 10. The molecule has 36 heteroatoms. The van der Waals surface area contributed by atoms with Crippen LogP contribution in [0, 0.1) is 44.0 Å². The molecule has 27 nitrogen and oxygen atoms in total. The molecule has 0 saturated carbocycles. The van der Waals surface area contributed by atoms with E-state index in [0.717, 1.165) is 43.0 Å². The van der Waals surface area contributed by atoms with Gasteiger partial charge in [0.2, 0.25) is 5.91 Å². The van der Waals surface area contributed by atoms with Crippen molar-refractivity contribution in [2.24, 2.45) is 0 Å². The minimum absolute atomic E-state index is 0.0279. The van der Waals surface area contributed by atoms with Gasteiger partial charge in [0.1, 0.15) is 17.1 Å². The first-order valence-corrected chi connectivity index (χ1v) is 47.6. The summed E-state index contributed by atoms with van der Waals surface area (Å²) in [7, 11) is 11.0. The van der Waals surface area contributed by atoms with Crippen molar-refractivity contribution in [1.29, 1.82) is 0 Å². The van der Waals surface area contributed by atoms with E-state index in [4.69, 9.17) is 118 Å². The molecule has 10 aromatic rings. The van der Waals surface area contributed by atoms with Crippen molar-refractivity contribution in [3.8, 4) is 0 Å². The number of carbonyl (C=O) groups excluding carboxylic acids is 1. The fourth-order valence-corrected chi connectivity index (χ4v) is 11.5. The van der Waals surface area contributed by atoms with Gasteiger partial charge in [-0.15, -0.1) is 0 Å². The molecule has 0 atom stereocenters. The Morgan fingerprint density at radius 3 is 1.02 bits per heavy atom. The van der Waals surface area contributed by atoms with Crippen LogP contribution < -0.4 is 33.2 Å². The Kier molecular flexibility index (Phi) is 40.0. The topological polar surface area (TPSA) is 456 Å². The summed E-state index contributed by atoms with van der Waals surface area (Å²) in [5.41, 5.74) is 15.5. The number of non-ortho nitro benzene ring substituents is 1. The van der Waals surface area contributed by atoms with E-state index in [1.165, 1.54) is 119 Å². The number of carbonyl (C=O) groups is 2. The van der Waals surface area contributed by atoms with Crippen LogP contribution in [0.25, 0.3) is 0 Å². The number of nitrogens with one attached hydrogen (secondary N) is 3. The van der Waals surface area contributed by atoms with Gasteiger partial charge in [0.05, 0.1) is 36.7 Å². The first kappa shape index (κ1) is 88.4. The summed E-state index contributed by atoms with van der Waals surface area (Å²) in [6.45, 7) is 8.97. The molecule has 0 saturated heterocycles. The van der Waals surface area contributed by atoms with E-state index in [1.54, 1.807) is 124 Å². The van der Waals surface area contributed by atoms with E-state index in [2.05, 4.69) is 98.5 Å². The van der Waals surface area contributed by atoms with Gasteiger partial charge in [0, 0.05) is 111 Å². The zero-order valence-electron chi connectivity index (χ0n) is 99.5. The summed E-state index contributed by atoms with van der Waals surface area (Å²) >= 11 is 11.1. The molecule has 132 heavy (non-hydrogen) atoms. The SMILES string of the molecule is Brc1cccc(I)c1.CO.O=CO.O=S(=O)(O)O.[2H]C([2H])([2H])C(C)(C)O.[2H]C([2H])([2H])C(C)(C)c1ccc(N)c([N+](=O)[O-])c1.[2H]C([2H])([2H])C(C)(C)c1ccc(N)cc1.[2H]C([2H])([2H])C(C)(C)c1ccc(NC(C)=O)c([N+](=O)[O-])c1.[2H]C([2H])([2H])C(C)(C)c1ccc(Nc2cccc(Br)c2)c(N)c1.[2H]C([2H])([2H])C(C)(C)c1ccc(Nc2cccc(Br)c2)c([N+](=O)[O-])c1.[2H]C([2H])([2H])C(C)(C)c1ccc([N+](=O)[O-])cc1.[2H]C([2H])([2H])C(C)(C)c1ccccc1.[Cl][Fe]([Cl])[Cl]. The first-order chi connectivity index (χ1) is 70.1. The number of carboxylic acid groups (broad SMARTS) is 1. The van der Waals surface area contributed by atoms with E-state index in [0.29, 0.717) is 50.6 Å². The number of rotatable bonds is 9. The van der Waals surface area contributed by atoms with E-state index >= 15 is 0 Å². The van der Waals surface area contributed by atoms with Crippen LogP contribution in [0.4, 0.5) is 68.2 Å². The number of nitrogens with zero attached hydrogens (tertiary/aromatic N) is 4. The van der Waals surface area contributed by atoms with Gasteiger partial charge in [0.15, 0.2) is 0 Å². The van der Waals surface area contributed by atoms with E-state index < -0.39 is 145 Å². The second-order valence-corrected chi connectivity index (χ2v) is 42.0. The minimum atomic E-state index is -4.67. The van der Waals surface area contributed by atoms with Crippen LogP contribution in [-0.2, 0) is 69.1 Å². The molecule has 0 radical (unpaired) electrons. The molecule has 0 unspecified atom stereocenters. The molecule has 0 aromatic heterocycles. The summed E-state index contributed by atoms with van der Waals surface area (Å²) in [4.78, 5) is 60.7. The predicted molar refractivity (Wildman–Crippen MR) is 562 cm³/mol. The number of nitro groups is 4. The number of amides is 1. The second kappa shape index (κ2) is 59.8. The van der Waals surface area contributed by atoms with Crippen molar-refractivity contribution >= 4 is 192 Å². The Morgan fingerprint density at radius 1 is 0.424 bits per heavy atom. The number of aliphatic hydroxyl groups is 2. The maximum absolute atomic E-state index is 11.4. The molecule has 14 N–H and O–H groups in total. The Bertz CT molecular complexity index is 6310. The third kappa shape index (κ3) is 59.7. The molecule has 0 heterocycles. The number of halogens is 7. The van der Waals surface area contributed by atoms with Crippen LogP contribution in [0.3, 0.4) is 0 Å². The number of nitro benzene ring substituents is 4. The third-order valence-electron chi connectivity index (χ3n) is 15.8. The van der Waals surface area contributed by atoms with Gasteiger partial charge in [-0.1, -0.05) is 290 Å². The van der Waals surface area contributed by atoms with Crippen LogP contribution in [0.5, 0.6) is 0 Å². The summed E-state index contributed by atoms with van der Waals surface area (Å²) in [5.74, 6) is -0.434. The molecule has 10 rings (SSSR count). The molecular weight excluding hydrogens is 2130 g/mol. The third-order valence-corrected chi connectivity index (χ3v) is 17.9. The van der Waals surface area contributed by atoms with Gasteiger partial charge in [-0.05, 0) is 217 Å². The molecule has 1 amide bonds. The quantitative estimate of drug-likeness (QED) is 0.0122. The van der Waals surface area contributed by atoms with E-state index in [9.17, 15) is 45.3 Å². The zero-order chi connectivity index (χ0) is 123. The Balaban J connectivity index is -0.00000169. The number of nitrogens with two attached hydrogens (primary N) is 3. The molecule has 0 bridgehead atoms. The summed E-state index contributed by atoms with van der Waals surface area (Å²) in [5, 5.41) is 74.9. The molecule has 0 spiro atoms. The number of hydrogen-bond donors (Lipinski definition) is 11. The monoisotopic (exact) mass is 2280 g/mol. The van der Waals surface area contributed by atoms with Crippen molar-refractivity contribution < 1.29 is 106 Å². The molecular formula is C96H130Br3Cl3FeIN10O17S. The molecule has 0 fully saturated rings. The average Bonchev–Trinajstić information content (AvgIpc) is 0.790. The van der Waals surface area contributed by atoms with Crippen molar-refractivity contribution in [3.05, 3.63) is 321 Å². The van der Waals surface area contributed by atoms with Crippen LogP contribution in [0.15, 0.2) is 238 Å².